The Morgan fingerprint density at radius 3 is 0.680 bits per heavy atom. The van der Waals surface area contributed by atoms with Crippen LogP contribution in [0.25, 0.3) is 10.8 Å². The minimum atomic E-state index is 0.323. The highest BCUT2D eigenvalue weighted by Crippen LogP contribution is 2.45. The van der Waals surface area contributed by atoms with E-state index in [4.69, 9.17) is 0 Å². The van der Waals surface area contributed by atoms with Crippen LogP contribution >= 0.6 is 0 Å². The van der Waals surface area contributed by atoms with Crippen LogP contribution in [0.3, 0.4) is 0 Å². The number of anilines is 6. The lowest BCUT2D eigenvalue weighted by Gasteiger charge is -2.31. The van der Waals surface area contributed by atoms with Gasteiger partial charge in [-0.15, -0.1) is 0 Å². The predicted octanol–water partition coefficient (Wildman–Crippen LogP) is 14.5. The third-order valence-corrected chi connectivity index (χ3v) is 9.72. The lowest BCUT2D eigenvalue weighted by Crippen LogP contribution is -2.13. The number of hydrogen-bond acceptors (Lipinski definition) is 2. The number of aryl methyl sites for hydroxylation is 8. The second-order valence-corrected chi connectivity index (χ2v) is 15.5. The Kier molecular flexibility index (Phi) is 9.69. The molecule has 6 aromatic rings. The fourth-order valence-corrected chi connectivity index (χ4v) is 7.91. The lowest BCUT2D eigenvalue weighted by atomic mass is 9.88. The molecule has 2 nitrogen and oxygen atoms in total. The van der Waals surface area contributed by atoms with E-state index in [-0.39, 0.29) is 0 Å². The molecule has 0 aliphatic carbocycles. The van der Waals surface area contributed by atoms with E-state index in [0.29, 0.717) is 11.8 Å². The number of rotatable bonds is 8. The predicted molar refractivity (Wildman–Crippen MR) is 219 cm³/mol. The molecule has 6 rings (SSSR count). The van der Waals surface area contributed by atoms with Crippen LogP contribution in [-0.4, -0.2) is 0 Å². The average molecular weight is 659 g/mol. The maximum Gasteiger partial charge on any atom is 0.0470 e. The Bertz CT molecular complexity index is 1880. The molecular weight excluding hydrogens is 605 g/mol. The molecule has 0 bridgehead atoms. The summed E-state index contributed by atoms with van der Waals surface area (Å²) in [6.45, 7) is 26.9. The van der Waals surface area contributed by atoms with Crippen molar-refractivity contribution in [1.29, 1.82) is 0 Å². The molecule has 6 aromatic carbocycles. The van der Waals surface area contributed by atoms with Crippen LogP contribution < -0.4 is 9.80 Å². The topological polar surface area (TPSA) is 6.48 Å². The van der Waals surface area contributed by atoms with Gasteiger partial charge in [-0.25, -0.2) is 0 Å². The van der Waals surface area contributed by atoms with Crippen molar-refractivity contribution in [3.63, 3.8) is 0 Å². The van der Waals surface area contributed by atoms with Gasteiger partial charge in [0.1, 0.15) is 0 Å². The number of benzene rings is 6. The highest BCUT2D eigenvalue weighted by Gasteiger charge is 2.23. The largest absolute Gasteiger partial charge is 0.310 e. The number of nitrogens with zero attached hydrogens (tertiary/aromatic N) is 2. The number of hydrogen-bond donors (Lipinski definition) is 0. The van der Waals surface area contributed by atoms with Crippen molar-refractivity contribution in [2.24, 2.45) is 0 Å². The van der Waals surface area contributed by atoms with E-state index in [2.05, 4.69) is 190 Å². The van der Waals surface area contributed by atoms with Crippen molar-refractivity contribution in [1.82, 2.24) is 0 Å². The van der Waals surface area contributed by atoms with Gasteiger partial charge in [-0.3, -0.25) is 0 Å². The van der Waals surface area contributed by atoms with Crippen molar-refractivity contribution < 1.29 is 0 Å². The van der Waals surface area contributed by atoms with Crippen molar-refractivity contribution >= 4 is 44.9 Å². The molecule has 0 unspecified atom stereocenters. The van der Waals surface area contributed by atoms with Crippen molar-refractivity contribution in [2.45, 2.75) is 94.9 Å². The first kappa shape index (κ1) is 35.0. The smallest absolute Gasteiger partial charge is 0.0470 e. The fourth-order valence-electron chi connectivity index (χ4n) is 7.91. The summed E-state index contributed by atoms with van der Waals surface area (Å²) >= 11 is 0. The zero-order valence-electron chi connectivity index (χ0n) is 32.3. The summed E-state index contributed by atoms with van der Waals surface area (Å²) in [6.07, 6.45) is 0. The van der Waals surface area contributed by atoms with Gasteiger partial charge in [-0.1, -0.05) is 52.0 Å². The lowest BCUT2D eigenvalue weighted by molar-refractivity contribution is 0.867. The molecule has 0 amide bonds. The molecule has 2 heteroatoms. The molecule has 0 fully saturated rings. The van der Waals surface area contributed by atoms with Crippen LogP contribution in [0.5, 0.6) is 0 Å². The normalized spacial score (nSPS) is 11.6. The summed E-state index contributed by atoms with van der Waals surface area (Å²) in [4.78, 5) is 4.95. The van der Waals surface area contributed by atoms with E-state index in [9.17, 15) is 0 Å². The molecule has 0 aromatic heterocycles. The Labute approximate surface area is 301 Å². The SMILES string of the molecule is Cc1cc(C)cc(N(c2cc(C)cc(C)c2)c2cc(C(C)C)c3cc(N(c4cc(C)cc(C)c4)c4cc(C)cc(C)c4)cc(C(C)C)c3c2)c1. The zero-order chi connectivity index (χ0) is 36.0. The molecule has 0 spiro atoms. The molecule has 0 aliphatic rings. The first-order valence-corrected chi connectivity index (χ1v) is 18.2. The number of fused-ring (bicyclic) bond motifs is 1. The second kappa shape index (κ2) is 13.8. The summed E-state index contributed by atoms with van der Waals surface area (Å²) in [5, 5.41) is 2.65. The van der Waals surface area contributed by atoms with E-state index in [1.165, 1.54) is 101 Å². The molecule has 0 radical (unpaired) electrons. The molecule has 0 saturated carbocycles. The summed E-state index contributed by atoms with van der Waals surface area (Å²) in [7, 11) is 0. The minimum Gasteiger partial charge on any atom is -0.310 e. The third kappa shape index (κ3) is 7.22. The second-order valence-electron chi connectivity index (χ2n) is 15.5. The molecule has 256 valence electrons. The molecule has 50 heavy (non-hydrogen) atoms. The standard InChI is InChI=1S/C48H54N2/c1-29(2)45-25-43(49(39-17-31(5)13-32(6)18-39)40-19-33(7)14-34(8)20-40)28-48-46(30(3)4)26-44(27-47(45)48)50(41-21-35(9)15-36(10)22-41)42-23-37(11)16-38(12)24-42/h13-30H,1-12H3. The Balaban J connectivity index is 1.68. The molecule has 0 atom stereocenters. The maximum absolute atomic E-state index is 2.47. The monoisotopic (exact) mass is 658 g/mol. The van der Waals surface area contributed by atoms with Gasteiger partial charge in [0.05, 0.1) is 0 Å². The fraction of sp³-hybridized carbons (Fsp3) is 0.292. The van der Waals surface area contributed by atoms with Gasteiger partial charge >= 0.3 is 0 Å². The van der Waals surface area contributed by atoms with E-state index >= 15 is 0 Å². The van der Waals surface area contributed by atoms with Crippen LogP contribution in [0, 0.1) is 55.4 Å². The van der Waals surface area contributed by atoms with Crippen LogP contribution in [0.15, 0.2) is 97.1 Å². The van der Waals surface area contributed by atoms with Crippen LogP contribution in [0.4, 0.5) is 34.1 Å². The van der Waals surface area contributed by atoms with E-state index in [1.54, 1.807) is 0 Å². The van der Waals surface area contributed by atoms with Gasteiger partial charge in [0, 0.05) is 34.1 Å². The molecule has 0 N–H and O–H groups in total. The summed E-state index contributed by atoms with van der Waals surface area (Å²) in [6, 6.07) is 37.4. The van der Waals surface area contributed by atoms with Crippen molar-refractivity contribution in [3.8, 4) is 0 Å². The van der Waals surface area contributed by atoms with Crippen molar-refractivity contribution in [3.05, 3.63) is 153 Å². The molecular formula is C48H54N2. The van der Waals surface area contributed by atoms with Gasteiger partial charge < -0.3 is 9.80 Å². The average Bonchev–Trinajstić information content (AvgIpc) is 2.98. The minimum absolute atomic E-state index is 0.323. The van der Waals surface area contributed by atoms with Gasteiger partial charge in [-0.05, 0) is 206 Å². The highest BCUT2D eigenvalue weighted by molar-refractivity contribution is 5.98. The van der Waals surface area contributed by atoms with Gasteiger partial charge in [-0.2, -0.15) is 0 Å². The van der Waals surface area contributed by atoms with E-state index in [1.807, 2.05) is 0 Å². The van der Waals surface area contributed by atoms with Gasteiger partial charge in [0.15, 0.2) is 0 Å². The Morgan fingerprint density at radius 2 is 0.480 bits per heavy atom. The van der Waals surface area contributed by atoms with Gasteiger partial charge in [0.2, 0.25) is 0 Å². The Morgan fingerprint density at radius 1 is 0.280 bits per heavy atom. The zero-order valence-corrected chi connectivity index (χ0v) is 32.3. The van der Waals surface area contributed by atoms with Crippen LogP contribution in [0.2, 0.25) is 0 Å². The van der Waals surface area contributed by atoms with Crippen LogP contribution in [0.1, 0.15) is 95.2 Å². The first-order valence-electron chi connectivity index (χ1n) is 18.2. The van der Waals surface area contributed by atoms with Crippen LogP contribution in [-0.2, 0) is 0 Å². The molecule has 0 saturated heterocycles. The Hall–Kier alpha value is -4.82. The summed E-state index contributed by atoms with van der Waals surface area (Å²) < 4.78 is 0. The molecule has 0 aliphatic heterocycles. The van der Waals surface area contributed by atoms with E-state index in [0.717, 1.165) is 0 Å². The summed E-state index contributed by atoms with van der Waals surface area (Å²) in [5.41, 5.74) is 20.0. The van der Waals surface area contributed by atoms with Crippen molar-refractivity contribution in [2.75, 3.05) is 9.80 Å². The first-order chi connectivity index (χ1) is 23.7. The van der Waals surface area contributed by atoms with E-state index < -0.39 is 0 Å². The molecule has 0 heterocycles. The quantitative estimate of drug-likeness (QED) is 0.161. The maximum atomic E-state index is 2.47. The summed E-state index contributed by atoms with van der Waals surface area (Å²) in [5.74, 6) is 0.646. The highest BCUT2D eigenvalue weighted by atomic mass is 15.1. The van der Waals surface area contributed by atoms with Gasteiger partial charge in [0.25, 0.3) is 0 Å². The third-order valence-electron chi connectivity index (χ3n) is 9.72.